The standard InChI is InChI=1S/C9H10BrNO/c1-12-9-5-4-8(7-11-9)3-2-6-10/h2-5,7H,6H2,1H3/b3-2+. The Morgan fingerprint density at radius 1 is 1.58 bits per heavy atom. The minimum Gasteiger partial charge on any atom is -0.481 e. The number of aromatic nitrogens is 1. The molecule has 0 spiro atoms. The maximum Gasteiger partial charge on any atom is 0.212 e. The van der Waals surface area contributed by atoms with Crippen molar-refractivity contribution in [2.75, 3.05) is 12.4 Å². The van der Waals surface area contributed by atoms with Crippen LogP contribution in [0.4, 0.5) is 0 Å². The zero-order valence-corrected chi connectivity index (χ0v) is 8.41. The first-order valence-electron chi connectivity index (χ1n) is 3.59. The van der Waals surface area contributed by atoms with E-state index in [-0.39, 0.29) is 0 Å². The number of hydrogen-bond acceptors (Lipinski definition) is 2. The number of allylic oxidation sites excluding steroid dienone is 1. The highest BCUT2D eigenvalue weighted by Gasteiger charge is 1.90. The van der Waals surface area contributed by atoms with Gasteiger partial charge in [-0.2, -0.15) is 0 Å². The molecule has 1 rings (SSSR count). The van der Waals surface area contributed by atoms with Crippen molar-refractivity contribution in [3.63, 3.8) is 0 Å². The molecular formula is C9H10BrNO. The third-order valence-electron chi connectivity index (χ3n) is 1.37. The molecule has 0 unspecified atom stereocenters. The molecule has 0 radical (unpaired) electrons. The van der Waals surface area contributed by atoms with Gasteiger partial charge in [0.05, 0.1) is 7.11 Å². The SMILES string of the molecule is COc1ccc(/C=C/CBr)cn1. The molecule has 0 amide bonds. The first-order chi connectivity index (χ1) is 5.86. The Bertz CT molecular complexity index is 256. The second kappa shape index (κ2) is 4.93. The summed E-state index contributed by atoms with van der Waals surface area (Å²) in [5.74, 6) is 0.644. The minimum atomic E-state index is 0.644. The molecular weight excluding hydrogens is 218 g/mol. The maximum atomic E-state index is 4.93. The molecule has 1 aromatic rings. The molecule has 2 nitrogen and oxygen atoms in total. The summed E-state index contributed by atoms with van der Waals surface area (Å²) in [5, 5.41) is 0.860. The van der Waals surface area contributed by atoms with Crippen LogP contribution < -0.4 is 4.74 Å². The highest BCUT2D eigenvalue weighted by atomic mass is 79.9. The lowest BCUT2D eigenvalue weighted by Gasteiger charge is -1.97. The molecule has 0 fully saturated rings. The lowest BCUT2D eigenvalue weighted by Crippen LogP contribution is -1.86. The van der Waals surface area contributed by atoms with Gasteiger partial charge in [0, 0.05) is 17.6 Å². The maximum absolute atomic E-state index is 4.93. The smallest absolute Gasteiger partial charge is 0.212 e. The van der Waals surface area contributed by atoms with Crippen molar-refractivity contribution in [3.8, 4) is 5.88 Å². The topological polar surface area (TPSA) is 22.1 Å². The van der Waals surface area contributed by atoms with Gasteiger partial charge < -0.3 is 4.74 Å². The summed E-state index contributed by atoms with van der Waals surface area (Å²) in [7, 11) is 1.61. The summed E-state index contributed by atoms with van der Waals surface area (Å²) in [6.07, 6.45) is 5.79. The minimum absolute atomic E-state index is 0.644. The van der Waals surface area contributed by atoms with Crippen LogP contribution >= 0.6 is 15.9 Å². The fourth-order valence-electron chi connectivity index (χ4n) is 0.792. The Morgan fingerprint density at radius 2 is 2.42 bits per heavy atom. The van der Waals surface area contributed by atoms with Crippen molar-refractivity contribution in [2.45, 2.75) is 0 Å². The summed E-state index contributed by atoms with van der Waals surface area (Å²) >= 11 is 3.30. The fourth-order valence-corrected chi connectivity index (χ4v) is 0.979. The normalized spacial score (nSPS) is 10.5. The zero-order chi connectivity index (χ0) is 8.81. The van der Waals surface area contributed by atoms with E-state index in [1.165, 1.54) is 0 Å². The quantitative estimate of drug-likeness (QED) is 0.741. The number of nitrogens with zero attached hydrogens (tertiary/aromatic N) is 1. The van der Waals surface area contributed by atoms with Crippen LogP contribution in [0.5, 0.6) is 5.88 Å². The largest absolute Gasteiger partial charge is 0.481 e. The van der Waals surface area contributed by atoms with Gasteiger partial charge in [0.2, 0.25) is 5.88 Å². The van der Waals surface area contributed by atoms with E-state index >= 15 is 0 Å². The van der Waals surface area contributed by atoms with Crippen LogP contribution in [0, 0.1) is 0 Å². The van der Waals surface area contributed by atoms with E-state index in [4.69, 9.17) is 4.74 Å². The van der Waals surface area contributed by atoms with Gasteiger partial charge in [0.15, 0.2) is 0 Å². The van der Waals surface area contributed by atoms with Crippen LogP contribution in [0.2, 0.25) is 0 Å². The van der Waals surface area contributed by atoms with Crippen LogP contribution in [0.25, 0.3) is 6.08 Å². The van der Waals surface area contributed by atoms with Gasteiger partial charge in [0.25, 0.3) is 0 Å². The van der Waals surface area contributed by atoms with E-state index in [1.807, 2.05) is 24.3 Å². The first-order valence-corrected chi connectivity index (χ1v) is 4.71. The molecule has 1 heterocycles. The predicted molar refractivity (Wildman–Crippen MR) is 53.6 cm³/mol. The number of pyridine rings is 1. The summed E-state index contributed by atoms with van der Waals surface area (Å²) in [5.41, 5.74) is 1.08. The van der Waals surface area contributed by atoms with Crippen molar-refractivity contribution >= 4 is 22.0 Å². The molecule has 64 valence electrons. The van der Waals surface area contributed by atoms with E-state index in [0.717, 1.165) is 10.9 Å². The summed E-state index contributed by atoms with van der Waals surface area (Å²) < 4.78 is 4.93. The lowest BCUT2D eigenvalue weighted by molar-refractivity contribution is 0.398. The van der Waals surface area contributed by atoms with Gasteiger partial charge >= 0.3 is 0 Å². The monoisotopic (exact) mass is 227 g/mol. The number of ether oxygens (including phenoxy) is 1. The van der Waals surface area contributed by atoms with Crippen LogP contribution in [0.15, 0.2) is 24.4 Å². The number of rotatable bonds is 3. The molecule has 12 heavy (non-hydrogen) atoms. The highest BCUT2D eigenvalue weighted by molar-refractivity contribution is 9.09. The Labute approximate surface area is 80.4 Å². The van der Waals surface area contributed by atoms with E-state index in [1.54, 1.807) is 13.3 Å². The van der Waals surface area contributed by atoms with Crippen molar-refractivity contribution in [3.05, 3.63) is 30.0 Å². The van der Waals surface area contributed by atoms with Gasteiger partial charge in [-0.3, -0.25) is 0 Å². The summed E-state index contributed by atoms with van der Waals surface area (Å²) in [4.78, 5) is 4.06. The summed E-state index contributed by atoms with van der Waals surface area (Å²) in [6.45, 7) is 0. The second-order valence-electron chi connectivity index (χ2n) is 2.19. The third-order valence-corrected chi connectivity index (χ3v) is 1.74. The van der Waals surface area contributed by atoms with E-state index < -0.39 is 0 Å². The van der Waals surface area contributed by atoms with Crippen LogP contribution in [-0.4, -0.2) is 17.4 Å². The van der Waals surface area contributed by atoms with E-state index in [0.29, 0.717) is 5.88 Å². The predicted octanol–water partition coefficient (Wildman–Crippen LogP) is 2.50. The molecule has 0 aliphatic heterocycles. The Hall–Kier alpha value is -0.830. The fraction of sp³-hybridized carbons (Fsp3) is 0.222. The summed E-state index contributed by atoms with van der Waals surface area (Å²) in [6, 6.07) is 3.80. The van der Waals surface area contributed by atoms with Crippen LogP contribution in [-0.2, 0) is 0 Å². The Balaban J connectivity index is 2.71. The Kier molecular flexibility index (Phi) is 3.80. The molecule has 0 aliphatic carbocycles. The molecule has 0 bridgehead atoms. The zero-order valence-electron chi connectivity index (χ0n) is 6.83. The molecule has 0 saturated carbocycles. The number of hydrogen-bond donors (Lipinski definition) is 0. The molecule has 1 aromatic heterocycles. The van der Waals surface area contributed by atoms with E-state index in [9.17, 15) is 0 Å². The van der Waals surface area contributed by atoms with Gasteiger partial charge in [-0.15, -0.1) is 0 Å². The number of halogens is 1. The highest BCUT2D eigenvalue weighted by Crippen LogP contribution is 2.07. The first kappa shape index (κ1) is 9.26. The number of alkyl halides is 1. The number of methoxy groups -OCH3 is 1. The molecule has 0 atom stereocenters. The molecule has 0 aromatic carbocycles. The second-order valence-corrected chi connectivity index (χ2v) is 2.84. The van der Waals surface area contributed by atoms with Gasteiger partial charge in [-0.25, -0.2) is 4.98 Å². The van der Waals surface area contributed by atoms with Gasteiger partial charge in [-0.05, 0) is 11.6 Å². The third kappa shape index (κ3) is 2.66. The molecule has 3 heteroatoms. The van der Waals surface area contributed by atoms with Crippen LogP contribution in [0.1, 0.15) is 5.56 Å². The molecule has 0 N–H and O–H groups in total. The van der Waals surface area contributed by atoms with Crippen molar-refractivity contribution in [1.29, 1.82) is 0 Å². The Morgan fingerprint density at radius 3 is 2.92 bits per heavy atom. The van der Waals surface area contributed by atoms with Gasteiger partial charge in [0.1, 0.15) is 0 Å². The molecule has 0 aliphatic rings. The van der Waals surface area contributed by atoms with Crippen molar-refractivity contribution in [1.82, 2.24) is 4.98 Å². The van der Waals surface area contributed by atoms with Crippen molar-refractivity contribution < 1.29 is 4.74 Å². The average Bonchev–Trinajstić information content (AvgIpc) is 2.15. The van der Waals surface area contributed by atoms with E-state index in [2.05, 4.69) is 20.9 Å². The van der Waals surface area contributed by atoms with Gasteiger partial charge in [-0.1, -0.05) is 28.1 Å². The lowest BCUT2D eigenvalue weighted by atomic mass is 10.3. The van der Waals surface area contributed by atoms with Crippen LogP contribution in [0.3, 0.4) is 0 Å². The average molecular weight is 228 g/mol. The molecule has 0 saturated heterocycles. The van der Waals surface area contributed by atoms with Crippen molar-refractivity contribution in [2.24, 2.45) is 0 Å².